The van der Waals surface area contributed by atoms with Gasteiger partial charge < -0.3 is 15.8 Å². The summed E-state index contributed by atoms with van der Waals surface area (Å²) < 4.78 is 31.1. The molecule has 1 aliphatic rings. The Morgan fingerprint density at radius 2 is 1.89 bits per heavy atom. The lowest BCUT2D eigenvalue weighted by Crippen LogP contribution is -2.49. The maximum Gasteiger partial charge on any atom is 0.407 e. The molecule has 0 radical (unpaired) electrons. The van der Waals surface area contributed by atoms with Gasteiger partial charge in [0.15, 0.2) is 9.84 Å². The van der Waals surface area contributed by atoms with Gasteiger partial charge >= 0.3 is 6.09 Å². The lowest BCUT2D eigenvalue weighted by Gasteiger charge is -2.35. The van der Waals surface area contributed by atoms with E-state index >= 15 is 0 Å². The molecular formula is C19H30N2O4S2. The van der Waals surface area contributed by atoms with Crippen molar-refractivity contribution < 1.29 is 17.9 Å². The number of hydrogen-bond donors (Lipinski definition) is 2. The van der Waals surface area contributed by atoms with Crippen LogP contribution in [0.4, 0.5) is 4.79 Å². The minimum absolute atomic E-state index is 0.0419. The summed E-state index contributed by atoms with van der Waals surface area (Å²) in [5.41, 5.74) is 5.47. The number of carbonyl (C=O) groups is 1. The molecule has 0 heterocycles. The summed E-state index contributed by atoms with van der Waals surface area (Å²) in [6.45, 7) is 5.39. The molecule has 1 amide bonds. The third kappa shape index (κ3) is 6.69. The van der Waals surface area contributed by atoms with Gasteiger partial charge in [-0.1, -0.05) is 0 Å². The van der Waals surface area contributed by atoms with Crippen LogP contribution in [0.15, 0.2) is 34.1 Å². The topological polar surface area (TPSA) is 98.5 Å². The number of amides is 1. The van der Waals surface area contributed by atoms with Crippen LogP contribution in [0.1, 0.15) is 40.0 Å². The molecule has 3 N–H and O–H groups in total. The molecule has 27 heavy (non-hydrogen) atoms. The standard InChI is InChI=1S/C19H30N2O4S2/c1-19(2,3)25-18(22)21-17-10-5-14(20)11-13(17)12-27(23,24)16-8-6-15(26-4)7-9-16/h6-9,13-14,17H,5,10-12,20H2,1-4H3,(H,21,22). The van der Waals surface area contributed by atoms with Gasteiger partial charge in [0, 0.05) is 17.0 Å². The fourth-order valence-electron chi connectivity index (χ4n) is 3.29. The number of benzene rings is 1. The summed E-state index contributed by atoms with van der Waals surface area (Å²) in [6, 6.07) is 6.57. The number of nitrogens with two attached hydrogens (primary N) is 1. The fraction of sp³-hybridized carbons (Fsp3) is 0.632. The van der Waals surface area contributed by atoms with Crippen molar-refractivity contribution in [3.63, 3.8) is 0 Å². The molecule has 1 aromatic carbocycles. The average Bonchev–Trinajstić information content (AvgIpc) is 2.55. The van der Waals surface area contributed by atoms with Gasteiger partial charge in [-0.2, -0.15) is 0 Å². The van der Waals surface area contributed by atoms with E-state index in [-0.39, 0.29) is 23.8 Å². The Morgan fingerprint density at radius 3 is 2.44 bits per heavy atom. The average molecular weight is 415 g/mol. The van der Waals surface area contributed by atoms with Crippen LogP contribution in [0, 0.1) is 5.92 Å². The maximum absolute atomic E-state index is 12.9. The molecule has 152 valence electrons. The Morgan fingerprint density at radius 1 is 1.26 bits per heavy atom. The van der Waals surface area contributed by atoms with Crippen LogP contribution in [-0.2, 0) is 14.6 Å². The molecule has 1 aromatic rings. The number of ether oxygens (including phenoxy) is 1. The van der Waals surface area contributed by atoms with Crippen LogP contribution in [0.25, 0.3) is 0 Å². The third-order valence-corrected chi connectivity index (χ3v) is 7.18. The molecule has 8 heteroatoms. The van der Waals surface area contributed by atoms with Crippen molar-refractivity contribution in [2.75, 3.05) is 12.0 Å². The number of thioether (sulfide) groups is 1. The summed E-state index contributed by atoms with van der Waals surface area (Å²) >= 11 is 1.56. The molecule has 0 bridgehead atoms. The minimum atomic E-state index is -3.47. The number of sulfone groups is 1. The van der Waals surface area contributed by atoms with Gasteiger partial charge in [-0.3, -0.25) is 0 Å². The van der Waals surface area contributed by atoms with Crippen molar-refractivity contribution >= 4 is 27.7 Å². The predicted molar refractivity (Wildman–Crippen MR) is 109 cm³/mol. The second-order valence-electron chi connectivity index (χ2n) is 8.04. The lowest BCUT2D eigenvalue weighted by molar-refractivity contribution is 0.0470. The summed E-state index contributed by atoms with van der Waals surface area (Å²) in [4.78, 5) is 13.5. The summed E-state index contributed by atoms with van der Waals surface area (Å²) in [5, 5.41) is 2.85. The molecule has 0 aliphatic heterocycles. The van der Waals surface area contributed by atoms with E-state index in [9.17, 15) is 13.2 Å². The van der Waals surface area contributed by atoms with E-state index in [4.69, 9.17) is 10.5 Å². The number of nitrogens with one attached hydrogen (secondary N) is 1. The second-order valence-corrected chi connectivity index (χ2v) is 11.0. The molecule has 0 saturated heterocycles. The molecule has 6 nitrogen and oxygen atoms in total. The first kappa shape index (κ1) is 22.0. The molecule has 1 fully saturated rings. The van der Waals surface area contributed by atoms with Crippen molar-refractivity contribution in [2.45, 2.75) is 67.5 Å². The Bertz CT molecular complexity index is 742. The van der Waals surface area contributed by atoms with Crippen molar-refractivity contribution in [3.05, 3.63) is 24.3 Å². The van der Waals surface area contributed by atoms with E-state index in [2.05, 4.69) is 5.32 Å². The quantitative estimate of drug-likeness (QED) is 0.718. The van der Waals surface area contributed by atoms with Gasteiger partial charge in [0.05, 0.1) is 10.6 Å². The predicted octanol–water partition coefficient (Wildman–Crippen LogP) is 3.20. The Balaban J connectivity index is 2.12. The number of alkyl carbamates (subject to hydrolysis) is 1. The van der Waals surface area contributed by atoms with Crippen LogP contribution >= 0.6 is 11.8 Å². The summed E-state index contributed by atoms with van der Waals surface area (Å²) in [6.07, 6.45) is 3.38. The van der Waals surface area contributed by atoms with Crippen LogP contribution in [0.2, 0.25) is 0 Å². The Labute approximate surface area is 166 Å². The summed E-state index contributed by atoms with van der Waals surface area (Å²) in [5.74, 6) is -0.286. The first-order chi connectivity index (χ1) is 12.5. The molecule has 1 aliphatic carbocycles. The Hall–Kier alpha value is -1.25. The van der Waals surface area contributed by atoms with Crippen LogP contribution in [-0.4, -0.2) is 44.2 Å². The van der Waals surface area contributed by atoms with Crippen molar-refractivity contribution in [1.29, 1.82) is 0 Å². The van der Waals surface area contributed by atoms with Crippen LogP contribution < -0.4 is 11.1 Å². The highest BCUT2D eigenvalue weighted by Crippen LogP contribution is 2.28. The van der Waals surface area contributed by atoms with Gasteiger partial charge in [-0.25, -0.2) is 13.2 Å². The van der Waals surface area contributed by atoms with Crippen LogP contribution in [0.5, 0.6) is 0 Å². The van der Waals surface area contributed by atoms with Gasteiger partial charge in [-0.15, -0.1) is 11.8 Å². The van der Waals surface area contributed by atoms with Crippen molar-refractivity contribution in [1.82, 2.24) is 5.32 Å². The highest BCUT2D eigenvalue weighted by molar-refractivity contribution is 7.98. The van der Waals surface area contributed by atoms with Gasteiger partial charge in [0.25, 0.3) is 0 Å². The molecule has 2 rings (SSSR count). The highest BCUT2D eigenvalue weighted by atomic mass is 32.2. The van der Waals surface area contributed by atoms with E-state index in [1.54, 1.807) is 56.8 Å². The lowest BCUT2D eigenvalue weighted by atomic mass is 9.83. The Kier molecular flexibility index (Phi) is 7.21. The molecular weight excluding hydrogens is 384 g/mol. The van der Waals surface area contributed by atoms with Crippen molar-refractivity contribution in [3.8, 4) is 0 Å². The molecule has 0 spiro atoms. The maximum atomic E-state index is 12.9. The highest BCUT2D eigenvalue weighted by Gasteiger charge is 2.34. The van der Waals surface area contributed by atoms with Crippen LogP contribution in [0.3, 0.4) is 0 Å². The normalized spacial score (nSPS) is 23.7. The molecule has 0 aromatic heterocycles. The number of carbonyl (C=O) groups excluding carboxylic acids is 1. The molecule has 3 atom stereocenters. The first-order valence-electron chi connectivity index (χ1n) is 9.12. The van der Waals surface area contributed by atoms with E-state index < -0.39 is 21.5 Å². The zero-order chi connectivity index (χ0) is 20.2. The molecule has 3 unspecified atom stereocenters. The largest absolute Gasteiger partial charge is 0.444 e. The van der Waals surface area contributed by atoms with Crippen molar-refractivity contribution in [2.24, 2.45) is 11.7 Å². The zero-order valence-electron chi connectivity index (χ0n) is 16.4. The van der Waals surface area contributed by atoms with E-state index in [1.165, 1.54) is 0 Å². The van der Waals surface area contributed by atoms with E-state index in [0.717, 1.165) is 11.3 Å². The first-order valence-corrected chi connectivity index (χ1v) is 12.0. The van der Waals surface area contributed by atoms with Gasteiger partial charge in [-0.05, 0) is 76.5 Å². The number of hydrogen-bond acceptors (Lipinski definition) is 6. The zero-order valence-corrected chi connectivity index (χ0v) is 18.0. The number of rotatable bonds is 5. The SMILES string of the molecule is CSc1ccc(S(=O)(=O)CC2CC(N)CCC2NC(=O)OC(C)(C)C)cc1. The monoisotopic (exact) mass is 414 g/mol. The third-order valence-electron chi connectivity index (χ3n) is 4.58. The summed E-state index contributed by atoms with van der Waals surface area (Å²) in [7, 11) is -3.47. The van der Waals surface area contributed by atoms with Gasteiger partial charge in [0.2, 0.25) is 0 Å². The fourth-order valence-corrected chi connectivity index (χ4v) is 5.38. The smallest absolute Gasteiger partial charge is 0.407 e. The van der Waals surface area contributed by atoms with Gasteiger partial charge in [0.1, 0.15) is 5.60 Å². The minimum Gasteiger partial charge on any atom is -0.444 e. The molecule has 1 saturated carbocycles. The second kappa shape index (κ2) is 8.84. The van der Waals surface area contributed by atoms with E-state index in [0.29, 0.717) is 17.7 Å². The van der Waals surface area contributed by atoms with E-state index in [1.807, 2.05) is 6.26 Å².